The van der Waals surface area contributed by atoms with E-state index in [-0.39, 0.29) is 12.2 Å². The van der Waals surface area contributed by atoms with Gasteiger partial charge < -0.3 is 14.9 Å². The van der Waals surface area contributed by atoms with Crippen LogP contribution < -0.4 is 0 Å². The van der Waals surface area contributed by atoms with Crippen LogP contribution in [0.4, 0.5) is 0 Å². The molecule has 0 spiro atoms. The Morgan fingerprint density at radius 2 is 1.34 bits per heavy atom. The van der Waals surface area contributed by atoms with E-state index in [1.807, 2.05) is 18.2 Å². The number of hydrogen-bond acceptors (Lipinski definition) is 3. The number of aliphatic carboxylic acids is 1. The van der Waals surface area contributed by atoms with Crippen LogP contribution in [0.3, 0.4) is 0 Å². The Morgan fingerprint density at radius 3 is 1.97 bits per heavy atom. The number of carbonyl (C=O) groups is 1. The van der Waals surface area contributed by atoms with Gasteiger partial charge in [-0.05, 0) is 38.2 Å². The number of rotatable bonds is 19. The van der Waals surface area contributed by atoms with Crippen molar-refractivity contribution < 1.29 is 19.7 Å². The molecule has 0 radical (unpaired) electrons. The van der Waals surface area contributed by atoms with Crippen molar-refractivity contribution in [1.82, 2.24) is 0 Å². The molecule has 4 heteroatoms. The summed E-state index contributed by atoms with van der Waals surface area (Å²) in [5.41, 5.74) is 1.22. The standard InChI is InChI=1S/C25H42O4/c1-22(29-21-23-16-10-8-11-17-23)15-9-7-13-19-24(26)18-12-5-3-2-4-6-14-20-25(27)28/h8,10-11,16-17,22,24,26H,2-7,9,12-15,18-21H2,1H3,(H,27,28). The molecule has 29 heavy (non-hydrogen) atoms. The number of ether oxygens (including phenoxy) is 1. The number of carboxylic acids is 1. The summed E-state index contributed by atoms with van der Waals surface area (Å²) in [6.45, 7) is 2.83. The normalized spacial score (nSPS) is 13.3. The van der Waals surface area contributed by atoms with Crippen LogP contribution in [-0.2, 0) is 16.1 Å². The second kappa shape index (κ2) is 17.5. The topological polar surface area (TPSA) is 66.8 Å². The van der Waals surface area contributed by atoms with E-state index in [0.29, 0.717) is 13.0 Å². The molecule has 0 aliphatic rings. The lowest BCUT2D eigenvalue weighted by Crippen LogP contribution is -2.09. The molecule has 0 aromatic heterocycles. The number of benzene rings is 1. The minimum atomic E-state index is -0.690. The Balaban J connectivity index is 1.85. The molecular formula is C25H42O4. The minimum Gasteiger partial charge on any atom is -0.481 e. The molecule has 1 rings (SSSR count). The monoisotopic (exact) mass is 406 g/mol. The number of carboxylic acid groups (broad SMARTS) is 1. The highest BCUT2D eigenvalue weighted by Crippen LogP contribution is 2.15. The van der Waals surface area contributed by atoms with Gasteiger partial charge in [0.05, 0.1) is 18.8 Å². The Labute approximate surface area is 177 Å². The number of aliphatic hydroxyl groups is 1. The lowest BCUT2D eigenvalue weighted by molar-refractivity contribution is -0.137. The predicted molar refractivity (Wildman–Crippen MR) is 119 cm³/mol. The summed E-state index contributed by atoms with van der Waals surface area (Å²) in [4.78, 5) is 10.4. The number of aliphatic hydroxyl groups excluding tert-OH is 1. The van der Waals surface area contributed by atoms with Crippen LogP contribution in [-0.4, -0.2) is 28.4 Å². The van der Waals surface area contributed by atoms with Gasteiger partial charge in [-0.3, -0.25) is 4.79 Å². The van der Waals surface area contributed by atoms with Crippen LogP contribution in [0, 0.1) is 0 Å². The lowest BCUT2D eigenvalue weighted by atomic mass is 10.0. The van der Waals surface area contributed by atoms with Gasteiger partial charge in [0.1, 0.15) is 0 Å². The fourth-order valence-corrected chi connectivity index (χ4v) is 3.57. The third-order valence-electron chi connectivity index (χ3n) is 5.45. The van der Waals surface area contributed by atoms with E-state index >= 15 is 0 Å². The summed E-state index contributed by atoms with van der Waals surface area (Å²) < 4.78 is 5.90. The molecule has 1 aromatic rings. The van der Waals surface area contributed by atoms with Crippen LogP contribution in [0.1, 0.15) is 102 Å². The van der Waals surface area contributed by atoms with Gasteiger partial charge in [-0.1, -0.05) is 88.1 Å². The fraction of sp³-hybridized carbons (Fsp3) is 0.720. The van der Waals surface area contributed by atoms with Crippen molar-refractivity contribution in [2.75, 3.05) is 0 Å². The van der Waals surface area contributed by atoms with Crippen LogP contribution in [0.5, 0.6) is 0 Å². The van der Waals surface area contributed by atoms with Gasteiger partial charge in [0.15, 0.2) is 0 Å². The summed E-state index contributed by atoms with van der Waals surface area (Å²) in [6, 6.07) is 10.3. The first-order valence-corrected chi connectivity index (χ1v) is 11.6. The molecule has 4 nitrogen and oxygen atoms in total. The van der Waals surface area contributed by atoms with Crippen LogP contribution in [0.2, 0.25) is 0 Å². The van der Waals surface area contributed by atoms with E-state index in [2.05, 4.69) is 19.1 Å². The summed E-state index contributed by atoms with van der Waals surface area (Å²) >= 11 is 0. The van der Waals surface area contributed by atoms with Crippen molar-refractivity contribution in [2.45, 2.75) is 116 Å². The zero-order chi connectivity index (χ0) is 21.2. The molecule has 2 atom stereocenters. The van der Waals surface area contributed by atoms with E-state index in [9.17, 15) is 9.90 Å². The molecule has 2 unspecified atom stereocenters. The highest BCUT2D eigenvalue weighted by Gasteiger charge is 2.06. The number of unbranched alkanes of at least 4 members (excludes halogenated alkanes) is 8. The van der Waals surface area contributed by atoms with Crippen molar-refractivity contribution in [3.63, 3.8) is 0 Å². The van der Waals surface area contributed by atoms with E-state index in [0.717, 1.165) is 64.2 Å². The Bertz CT molecular complexity index is 503. The Kier molecular flexibility index (Phi) is 15.4. The molecule has 0 saturated carbocycles. The average molecular weight is 407 g/mol. The van der Waals surface area contributed by atoms with Crippen LogP contribution in [0.25, 0.3) is 0 Å². The van der Waals surface area contributed by atoms with E-state index in [1.165, 1.54) is 24.8 Å². The maximum Gasteiger partial charge on any atom is 0.303 e. The lowest BCUT2D eigenvalue weighted by Gasteiger charge is -2.14. The quantitative estimate of drug-likeness (QED) is 0.257. The van der Waals surface area contributed by atoms with Crippen LogP contribution >= 0.6 is 0 Å². The molecule has 0 aliphatic heterocycles. The van der Waals surface area contributed by atoms with Crippen molar-refractivity contribution in [3.05, 3.63) is 35.9 Å². The van der Waals surface area contributed by atoms with Gasteiger partial charge in [0.2, 0.25) is 0 Å². The summed E-state index contributed by atoms with van der Waals surface area (Å²) in [5, 5.41) is 18.7. The van der Waals surface area contributed by atoms with Gasteiger partial charge in [0, 0.05) is 6.42 Å². The third kappa shape index (κ3) is 16.1. The first-order chi connectivity index (χ1) is 14.1. The molecule has 0 amide bonds. The first kappa shape index (κ1) is 25.6. The molecule has 0 saturated heterocycles. The summed E-state index contributed by atoms with van der Waals surface area (Å²) in [7, 11) is 0. The van der Waals surface area contributed by atoms with E-state index in [1.54, 1.807) is 0 Å². The Morgan fingerprint density at radius 1 is 0.828 bits per heavy atom. The fourth-order valence-electron chi connectivity index (χ4n) is 3.57. The van der Waals surface area contributed by atoms with Gasteiger partial charge in [-0.25, -0.2) is 0 Å². The first-order valence-electron chi connectivity index (χ1n) is 11.6. The average Bonchev–Trinajstić information content (AvgIpc) is 2.71. The molecule has 0 bridgehead atoms. The highest BCUT2D eigenvalue weighted by molar-refractivity contribution is 5.66. The highest BCUT2D eigenvalue weighted by atomic mass is 16.5. The number of hydrogen-bond donors (Lipinski definition) is 2. The maximum atomic E-state index is 10.4. The second-order valence-electron chi connectivity index (χ2n) is 8.31. The molecule has 0 heterocycles. The van der Waals surface area contributed by atoms with Gasteiger partial charge >= 0.3 is 5.97 Å². The molecule has 166 valence electrons. The zero-order valence-electron chi connectivity index (χ0n) is 18.4. The van der Waals surface area contributed by atoms with Crippen molar-refractivity contribution in [3.8, 4) is 0 Å². The minimum absolute atomic E-state index is 0.155. The zero-order valence-corrected chi connectivity index (χ0v) is 18.4. The summed E-state index contributed by atoms with van der Waals surface area (Å²) in [5.74, 6) is -0.690. The second-order valence-corrected chi connectivity index (χ2v) is 8.31. The molecule has 0 fully saturated rings. The van der Waals surface area contributed by atoms with Gasteiger partial charge in [0.25, 0.3) is 0 Å². The molecule has 1 aromatic carbocycles. The molecule has 0 aliphatic carbocycles. The SMILES string of the molecule is CC(CCCCCC(O)CCCCCCCCCC(=O)O)OCc1ccccc1. The van der Waals surface area contributed by atoms with E-state index in [4.69, 9.17) is 9.84 Å². The predicted octanol–water partition coefficient (Wildman–Crippen LogP) is 6.50. The van der Waals surface area contributed by atoms with Crippen molar-refractivity contribution in [2.24, 2.45) is 0 Å². The van der Waals surface area contributed by atoms with Gasteiger partial charge in [-0.2, -0.15) is 0 Å². The van der Waals surface area contributed by atoms with E-state index < -0.39 is 5.97 Å². The largest absolute Gasteiger partial charge is 0.481 e. The Hall–Kier alpha value is -1.39. The van der Waals surface area contributed by atoms with Gasteiger partial charge in [-0.15, -0.1) is 0 Å². The van der Waals surface area contributed by atoms with Crippen LogP contribution in [0.15, 0.2) is 30.3 Å². The molecular weight excluding hydrogens is 364 g/mol. The summed E-state index contributed by atoms with van der Waals surface area (Å²) in [6.07, 6.45) is 14.3. The maximum absolute atomic E-state index is 10.4. The third-order valence-corrected chi connectivity index (χ3v) is 5.45. The smallest absolute Gasteiger partial charge is 0.303 e. The molecule has 2 N–H and O–H groups in total. The van der Waals surface area contributed by atoms with Crippen molar-refractivity contribution in [1.29, 1.82) is 0 Å². The van der Waals surface area contributed by atoms with Crippen molar-refractivity contribution >= 4 is 5.97 Å².